The summed E-state index contributed by atoms with van der Waals surface area (Å²) in [7, 11) is 0. The van der Waals surface area contributed by atoms with E-state index in [-0.39, 0.29) is 34.6 Å². The number of fused-ring (bicyclic) bond motifs is 2. The van der Waals surface area contributed by atoms with Crippen molar-refractivity contribution in [3.8, 4) is 0 Å². The van der Waals surface area contributed by atoms with E-state index < -0.39 is 17.1 Å². The molecule has 2 aliphatic rings. The van der Waals surface area contributed by atoms with Crippen LogP contribution in [-0.4, -0.2) is 27.5 Å². The molecule has 9 heteroatoms. The van der Waals surface area contributed by atoms with Gasteiger partial charge in [-0.2, -0.15) is 0 Å². The van der Waals surface area contributed by atoms with Crippen molar-refractivity contribution in [3.63, 3.8) is 0 Å². The lowest BCUT2D eigenvalue weighted by atomic mass is 9.81. The van der Waals surface area contributed by atoms with Crippen LogP contribution in [0.2, 0.25) is 0 Å². The van der Waals surface area contributed by atoms with Crippen LogP contribution < -0.4 is 15.1 Å². The Morgan fingerprint density at radius 2 is 1.44 bits per heavy atom. The van der Waals surface area contributed by atoms with Crippen molar-refractivity contribution in [2.45, 2.75) is 62.8 Å². The van der Waals surface area contributed by atoms with Crippen molar-refractivity contribution < 1.29 is 14.4 Å². The van der Waals surface area contributed by atoms with Crippen LogP contribution in [0.3, 0.4) is 0 Å². The van der Waals surface area contributed by atoms with E-state index in [0.717, 1.165) is 38.5 Å². The van der Waals surface area contributed by atoms with Crippen LogP contribution in [0.1, 0.15) is 53.8 Å². The Bertz CT molecular complexity index is 1780. The van der Waals surface area contributed by atoms with Crippen LogP contribution in [0.5, 0.6) is 0 Å². The summed E-state index contributed by atoms with van der Waals surface area (Å²) < 4.78 is 1.45. The summed E-state index contributed by atoms with van der Waals surface area (Å²) in [6, 6.07) is 22.9. The summed E-state index contributed by atoms with van der Waals surface area (Å²) in [6.45, 7) is 10.1. The van der Waals surface area contributed by atoms with Crippen molar-refractivity contribution in [2.75, 3.05) is 10.2 Å². The van der Waals surface area contributed by atoms with Gasteiger partial charge in [0.05, 0.1) is 16.6 Å². The number of aryl methyl sites for hydroxylation is 2. The number of nitrogens with zero attached hydrogens (tertiary/aromatic N) is 2. The van der Waals surface area contributed by atoms with Crippen molar-refractivity contribution in [1.82, 2.24) is 4.57 Å². The number of hydrogen-bond acceptors (Lipinski definition) is 6. The van der Waals surface area contributed by atoms with Crippen LogP contribution in [0, 0.1) is 19.8 Å². The summed E-state index contributed by atoms with van der Waals surface area (Å²) in [5, 5.41) is 2.72. The highest BCUT2D eigenvalue weighted by atomic mass is 32.2. The van der Waals surface area contributed by atoms with Gasteiger partial charge in [-0.3, -0.25) is 23.7 Å². The van der Waals surface area contributed by atoms with Gasteiger partial charge in [-0.25, -0.2) is 4.90 Å². The van der Waals surface area contributed by atoms with E-state index in [1.807, 2.05) is 62.4 Å². The minimum absolute atomic E-state index is 0.0605. The van der Waals surface area contributed by atoms with Gasteiger partial charge in [0.15, 0.2) is 0 Å². The van der Waals surface area contributed by atoms with Gasteiger partial charge in [0, 0.05) is 16.5 Å². The standard InChI is InChI=1S/C34H33N3O4S2/c1-19-6-14-23(15-7-19)35-25(38)18-36-32-29(43-33(36)41)26(21-10-12-22(13-11-21)34(3,4)5)27-28(42-32)31(40)37(30(27)39)24-16-8-20(2)9-17-24/h6-17,26-28H,18H2,1-5H3,(H,35,38). The third kappa shape index (κ3) is 5.36. The smallest absolute Gasteiger partial charge is 0.308 e. The van der Waals surface area contributed by atoms with Gasteiger partial charge in [0.2, 0.25) is 17.7 Å². The fraction of sp³-hybridized carbons (Fsp3) is 0.294. The van der Waals surface area contributed by atoms with Gasteiger partial charge in [-0.1, -0.05) is 104 Å². The van der Waals surface area contributed by atoms with Gasteiger partial charge in [0.1, 0.15) is 11.8 Å². The van der Waals surface area contributed by atoms with E-state index in [9.17, 15) is 19.2 Å². The van der Waals surface area contributed by atoms with E-state index in [2.05, 4.69) is 38.2 Å². The summed E-state index contributed by atoms with van der Waals surface area (Å²) in [4.78, 5) is 56.3. The molecule has 0 saturated carbocycles. The van der Waals surface area contributed by atoms with Crippen LogP contribution in [0.25, 0.3) is 0 Å². The van der Waals surface area contributed by atoms with E-state index in [1.165, 1.54) is 21.2 Å². The Kier molecular flexibility index (Phi) is 7.42. The normalized spacial score (nSPS) is 19.7. The lowest BCUT2D eigenvalue weighted by molar-refractivity contribution is -0.122. The molecule has 0 bridgehead atoms. The van der Waals surface area contributed by atoms with E-state index >= 15 is 0 Å². The zero-order chi connectivity index (χ0) is 30.6. The SMILES string of the molecule is Cc1ccc(NC(=O)Cn2c3c(sc2=O)C(c2ccc(C(C)(C)C)cc2)C2C(=O)N(c4ccc(C)cc4)C(=O)C2S3)cc1. The number of amides is 3. The molecular formula is C34H33N3O4S2. The summed E-state index contributed by atoms with van der Waals surface area (Å²) in [5.41, 5.74) is 5.24. The number of benzene rings is 3. The quantitative estimate of drug-likeness (QED) is 0.269. The summed E-state index contributed by atoms with van der Waals surface area (Å²) in [5.74, 6) is -2.09. The Morgan fingerprint density at radius 3 is 2.05 bits per heavy atom. The number of anilines is 2. The van der Waals surface area contributed by atoms with Gasteiger partial charge >= 0.3 is 4.87 Å². The first-order valence-electron chi connectivity index (χ1n) is 14.2. The number of rotatable bonds is 5. The fourth-order valence-electron chi connectivity index (χ4n) is 5.73. The molecule has 1 saturated heterocycles. The molecule has 3 atom stereocenters. The largest absolute Gasteiger partial charge is 0.325 e. The maximum absolute atomic E-state index is 14.1. The lowest BCUT2D eigenvalue weighted by Gasteiger charge is -2.31. The Morgan fingerprint density at radius 1 is 0.837 bits per heavy atom. The molecule has 2 aliphatic heterocycles. The predicted octanol–water partition coefficient (Wildman–Crippen LogP) is 6.26. The zero-order valence-electron chi connectivity index (χ0n) is 24.7. The molecule has 3 heterocycles. The maximum Gasteiger partial charge on any atom is 0.308 e. The molecule has 43 heavy (non-hydrogen) atoms. The van der Waals surface area contributed by atoms with Gasteiger partial charge < -0.3 is 5.32 Å². The number of imide groups is 1. The molecule has 4 aromatic rings. The molecule has 7 nitrogen and oxygen atoms in total. The highest BCUT2D eigenvalue weighted by Crippen LogP contribution is 2.54. The third-order valence-electron chi connectivity index (χ3n) is 8.11. The van der Waals surface area contributed by atoms with Crippen LogP contribution in [0.15, 0.2) is 82.6 Å². The van der Waals surface area contributed by atoms with Crippen molar-refractivity contribution in [2.24, 2.45) is 5.92 Å². The zero-order valence-corrected chi connectivity index (χ0v) is 26.3. The average molecular weight is 612 g/mol. The second-order valence-electron chi connectivity index (χ2n) is 12.3. The van der Waals surface area contributed by atoms with Crippen molar-refractivity contribution in [3.05, 3.63) is 110 Å². The number of thioether (sulfide) groups is 1. The predicted molar refractivity (Wildman–Crippen MR) is 172 cm³/mol. The first-order valence-corrected chi connectivity index (χ1v) is 15.9. The minimum atomic E-state index is -0.728. The molecule has 1 fully saturated rings. The van der Waals surface area contributed by atoms with E-state index in [1.54, 1.807) is 12.1 Å². The maximum atomic E-state index is 14.1. The second-order valence-corrected chi connectivity index (χ2v) is 14.4. The molecule has 0 radical (unpaired) electrons. The molecule has 3 amide bonds. The first-order chi connectivity index (χ1) is 20.4. The minimum Gasteiger partial charge on any atom is -0.325 e. The average Bonchev–Trinajstić information content (AvgIpc) is 3.40. The summed E-state index contributed by atoms with van der Waals surface area (Å²) in [6.07, 6.45) is 0. The Hall–Kier alpha value is -3.95. The fourth-order valence-corrected chi connectivity index (χ4v) is 8.51. The lowest BCUT2D eigenvalue weighted by Crippen LogP contribution is -2.33. The highest BCUT2D eigenvalue weighted by Gasteiger charge is 2.56. The molecule has 220 valence electrons. The van der Waals surface area contributed by atoms with Crippen LogP contribution >= 0.6 is 23.1 Å². The van der Waals surface area contributed by atoms with Gasteiger partial charge in [-0.05, 0) is 54.7 Å². The Balaban J connectivity index is 1.41. The van der Waals surface area contributed by atoms with Gasteiger partial charge in [-0.15, -0.1) is 0 Å². The third-order valence-corrected chi connectivity index (χ3v) is 10.7. The van der Waals surface area contributed by atoms with E-state index in [0.29, 0.717) is 16.4 Å². The van der Waals surface area contributed by atoms with Crippen LogP contribution in [0.4, 0.5) is 11.4 Å². The van der Waals surface area contributed by atoms with Crippen molar-refractivity contribution >= 4 is 52.2 Å². The first kappa shape index (κ1) is 29.1. The number of aromatic nitrogens is 1. The molecule has 6 rings (SSSR count). The molecule has 0 spiro atoms. The van der Waals surface area contributed by atoms with Crippen molar-refractivity contribution in [1.29, 1.82) is 0 Å². The number of nitrogens with one attached hydrogen (secondary N) is 1. The molecule has 0 aliphatic carbocycles. The monoisotopic (exact) mass is 611 g/mol. The molecule has 1 aromatic heterocycles. The highest BCUT2D eigenvalue weighted by molar-refractivity contribution is 8.00. The molecule has 1 N–H and O–H groups in total. The molecule has 3 aromatic carbocycles. The Labute approximate surface area is 258 Å². The number of carbonyl (C=O) groups is 3. The number of hydrogen-bond donors (Lipinski definition) is 1. The molecule has 3 unspecified atom stereocenters. The second kappa shape index (κ2) is 11.0. The molecular weight excluding hydrogens is 579 g/mol. The van der Waals surface area contributed by atoms with Crippen LogP contribution in [-0.2, 0) is 26.3 Å². The summed E-state index contributed by atoms with van der Waals surface area (Å²) >= 11 is 2.28. The number of carbonyl (C=O) groups excluding carboxylic acids is 3. The van der Waals surface area contributed by atoms with E-state index in [4.69, 9.17) is 0 Å². The topological polar surface area (TPSA) is 88.5 Å². The van der Waals surface area contributed by atoms with Gasteiger partial charge in [0.25, 0.3) is 0 Å². The number of thiazole rings is 1.